The maximum atomic E-state index is 12.4. The highest BCUT2D eigenvalue weighted by atomic mass is 35.5. The van der Waals surface area contributed by atoms with E-state index < -0.39 is 0 Å². The lowest BCUT2D eigenvalue weighted by atomic mass is 10.2. The number of hydrogen-bond acceptors (Lipinski definition) is 4. The molecule has 24 heavy (non-hydrogen) atoms. The minimum Gasteiger partial charge on any atom is -0.334 e. The number of nitrogens with one attached hydrogen (secondary N) is 2. The third kappa shape index (κ3) is 5.55. The van der Waals surface area contributed by atoms with Crippen LogP contribution in [0.1, 0.15) is 13.3 Å². The highest BCUT2D eigenvalue weighted by molar-refractivity contribution is 7.99. The Kier molecular flexibility index (Phi) is 7.68. The number of hydrogen-bond donors (Lipinski definition) is 2. The average molecular weight is 390 g/mol. The SMILES string of the molecule is CCN(CC(=O)Nc1c(Cl)cccc1Cl)C(=O)CC1CSCCN1. The van der Waals surface area contributed by atoms with Crippen molar-refractivity contribution in [2.24, 2.45) is 0 Å². The van der Waals surface area contributed by atoms with Crippen molar-refractivity contribution in [2.45, 2.75) is 19.4 Å². The second kappa shape index (κ2) is 9.51. The number of carbonyl (C=O) groups excluding carboxylic acids is 2. The summed E-state index contributed by atoms with van der Waals surface area (Å²) < 4.78 is 0. The number of para-hydroxylation sites is 1. The topological polar surface area (TPSA) is 61.4 Å². The van der Waals surface area contributed by atoms with Gasteiger partial charge in [0.1, 0.15) is 0 Å². The molecule has 1 saturated heterocycles. The molecule has 8 heteroatoms. The molecule has 0 radical (unpaired) electrons. The summed E-state index contributed by atoms with van der Waals surface area (Å²) in [5, 5.41) is 6.76. The second-order valence-electron chi connectivity index (χ2n) is 5.48. The van der Waals surface area contributed by atoms with Crippen molar-refractivity contribution in [3.63, 3.8) is 0 Å². The van der Waals surface area contributed by atoms with E-state index in [1.165, 1.54) is 0 Å². The van der Waals surface area contributed by atoms with Crippen molar-refractivity contribution >= 4 is 52.5 Å². The lowest BCUT2D eigenvalue weighted by Crippen LogP contribution is -2.44. The van der Waals surface area contributed by atoms with Gasteiger partial charge in [-0.15, -0.1) is 0 Å². The summed E-state index contributed by atoms with van der Waals surface area (Å²) in [5.41, 5.74) is 0.375. The third-order valence-corrected chi connectivity index (χ3v) is 5.48. The van der Waals surface area contributed by atoms with Crippen LogP contribution in [0, 0.1) is 0 Å². The fourth-order valence-electron chi connectivity index (χ4n) is 2.44. The Balaban J connectivity index is 1.91. The van der Waals surface area contributed by atoms with Gasteiger partial charge >= 0.3 is 0 Å². The van der Waals surface area contributed by atoms with Gasteiger partial charge in [-0.05, 0) is 19.1 Å². The Hall–Kier alpha value is -0.950. The molecule has 0 aliphatic carbocycles. The molecule has 1 fully saturated rings. The molecule has 5 nitrogen and oxygen atoms in total. The summed E-state index contributed by atoms with van der Waals surface area (Å²) in [7, 11) is 0. The van der Waals surface area contributed by atoms with Crippen LogP contribution >= 0.6 is 35.0 Å². The molecule has 132 valence electrons. The third-order valence-electron chi connectivity index (χ3n) is 3.72. The monoisotopic (exact) mass is 389 g/mol. The predicted molar refractivity (Wildman–Crippen MR) is 101 cm³/mol. The quantitative estimate of drug-likeness (QED) is 0.784. The van der Waals surface area contributed by atoms with Crippen LogP contribution in [0.5, 0.6) is 0 Å². The van der Waals surface area contributed by atoms with Gasteiger partial charge < -0.3 is 15.5 Å². The van der Waals surface area contributed by atoms with Gasteiger partial charge in [-0.2, -0.15) is 11.8 Å². The van der Waals surface area contributed by atoms with Crippen LogP contribution in [0.15, 0.2) is 18.2 Å². The predicted octanol–water partition coefficient (Wildman–Crippen LogP) is 2.88. The largest absolute Gasteiger partial charge is 0.334 e. The fourth-order valence-corrected chi connectivity index (χ4v) is 3.88. The number of halogens is 2. The maximum Gasteiger partial charge on any atom is 0.244 e. The molecule has 2 amide bonds. The minimum absolute atomic E-state index is 0.0171. The lowest BCUT2D eigenvalue weighted by molar-refractivity contribution is -0.134. The Bertz CT molecular complexity index is 574. The van der Waals surface area contributed by atoms with E-state index in [1.807, 2.05) is 18.7 Å². The van der Waals surface area contributed by atoms with Crippen molar-refractivity contribution in [1.82, 2.24) is 10.2 Å². The number of rotatable bonds is 6. The van der Waals surface area contributed by atoms with Crippen molar-refractivity contribution in [3.8, 4) is 0 Å². The number of benzene rings is 1. The highest BCUT2D eigenvalue weighted by Gasteiger charge is 2.22. The summed E-state index contributed by atoms with van der Waals surface area (Å²) in [5.74, 6) is 1.65. The highest BCUT2D eigenvalue weighted by Crippen LogP contribution is 2.29. The Morgan fingerprint density at radius 2 is 2.08 bits per heavy atom. The zero-order chi connectivity index (χ0) is 17.5. The van der Waals surface area contributed by atoms with Gasteiger partial charge in [0.2, 0.25) is 11.8 Å². The first-order valence-electron chi connectivity index (χ1n) is 7.84. The number of thioether (sulfide) groups is 1. The molecule has 1 aromatic rings. The van der Waals surface area contributed by atoms with E-state index in [1.54, 1.807) is 23.1 Å². The van der Waals surface area contributed by atoms with Crippen molar-refractivity contribution in [3.05, 3.63) is 28.2 Å². The molecule has 1 aliphatic heterocycles. The van der Waals surface area contributed by atoms with Gasteiger partial charge in [-0.1, -0.05) is 29.3 Å². The molecule has 0 aromatic heterocycles. The molecule has 1 unspecified atom stereocenters. The molecule has 1 aliphatic rings. The molecule has 0 bridgehead atoms. The summed E-state index contributed by atoms with van der Waals surface area (Å²) in [6.07, 6.45) is 0.404. The number of anilines is 1. The number of likely N-dealkylation sites (N-methyl/N-ethyl adjacent to an activating group) is 1. The van der Waals surface area contributed by atoms with Crippen LogP contribution < -0.4 is 10.6 Å². The molecular weight excluding hydrogens is 369 g/mol. The smallest absolute Gasteiger partial charge is 0.244 e. The zero-order valence-corrected chi connectivity index (χ0v) is 15.8. The number of amides is 2. The first-order chi connectivity index (χ1) is 11.5. The molecule has 2 rings (SSSR count). The molecular formula is C16H21Cl2N3O2S. The summed E-state index contributed by atoms with van der Waals surface area (Å²) in [4.78, 5) is 26.2. The number of nitrogens with zero attached hydrogens (tertiary/aromatic N) is 1. The lowest BCUT2D eigenvalue weighted by Gasteiger charge is -2.26. The first-order valence-corrected chi connectivity index (χ1v) is 9.75. The average Bonchev–Trinajstić information content (AvgIpc) is 2.57. The van der Waals surface area contributed by atoms with E-state index in [4.69, 9.17) is 23.2 Å². The maximum absolute atomic E-state index is 12.4. The van der Waals surface area contributed by atoms with Gasteiger partial charge in [0.15, 0.2) is 0 Å². The Labute approximate surface area is 156 Å². The van der Waals surface area contributed by atoms with Crippen LogP contribution in [0.3, 0.4) is 0 Å². The second-order valence-corrected chi connectivity index (χ2v) is 7.45. The zero-order valence-electron chi connectivity index (χ0n) is 13.5. The molecule has 1 atom stereocenters. The van der Waals surface area contributed by atoms with E-state index in [-0.39, 0.29) is 24.4 Å². The Morgan fingerprint density at radius 1 is 1.38 bits per heavy atom. The normalized spacial score (nSPS) is 17.4. The van der Waals surface area contributed by atoms with Crippen LogP contribution in [0.25, 0.3) is 0 Å². The van der Waals surface area contributed by atoms with E-state index in [2.05, 4.69) is 10.6 Å². The van der Waals surface area contributed by atoms with Crippen LogP contribution in [-0.4, -0.2) is 53.9 Å². The summed E-state index contributed by atoms with van der Waals surface area (Å²) >= 11 is 13.9. The standard InChI is InChI=1S/C16H21Cl2N3O2S/c1-2-21(15(23)8-11-10-24-7-6-19-11)9-14(22)20-16-12(17)4-3-5-13(16)18/h3-5,11,19H,2,6-10H2,1H3,(H,20,22). The van der Waals surface area contributed by atoms with Crippen LogP contribution in [-0.2, 0) is 9.59 Å². The van der Waals surface area contributed by atoms with Gasteiger partial charge in [-0.3, -0.25) is 9.59 Å². The molecule has 2 N–H and O–H groups in total. The van der Waals surface area contributed by atoms with Gasteiger partial charge in [0.25, 0.3) is 0 Å². The van der Waals surface area contributed by atoms with Crippen LogP contribution in [0.4, 0.5) is 5.69 Å². The van der Waals surface area contributed by atoms with Crippen molar-refractivity contribution < 1.29 is 9.59 Å². The summed E-state index contributed by atoms with van der Waals surface area (Å²) in [6.45, 7) is 3.23. The van der Waals surface area contributed by atoms with Gasteiger partial charge in [-0.25, -0.2) is 0 Å². The summed E-state index contributed by atoms with van der Waals surface area (Å²) in [6, 6.07) is 5.18. The van der Waals surface area contributed by atoms with E-state index >= 15 is 0 Å². The first kappa shape index (κ1) is 19.4. The van der Waals surface area contributed by atoms with Crippen molar-refractivity contribution in [2.75, 3.05) is 36.5 Å². The van der Waals surface area contributed by atoms with E-state index in [9.17, 15) is 9.59 Å². The molecule has 0 spiro atoms. The fraction of sp³-hybridized carbons (Fsp3) is 0.500. The molecule has 1 heterocycles. The van der Waals surface area contributed by atoms with Gasteiger partial charge in [0.05, 0.1) is 22.3 Å². The van der Waals surface area contributed by atoms with E-state index in [0.717, 1.165) is 18.1 Å². The van der Waals surface area contributed by atoms with Crippen molar-refractivity contribution in [1.29, 1.82) is 0 Å². The van der Waals surface area contributed by atoms with Gasteiger partial charge in [0, 0.05) is 37.1 Å². The Morgan fingerprint density at radius 3 is 2.67 bits per heavy atom. The molecule has 1 aromatic carbocycles. The number of carbonyl (C=O) groups is 2. The minimum atomic E-state index is -0.314. The molecule has 0 saturated carbocycles. The van der Waals surface area contributed by atoms with Crippen LogP contribution in [0.2, 0.25) is 10.0 Å². The van der Waals surface area contributed by atoms with E-state index in [0.29, 0.717) is 28.7 Å².